The first-order valence-electron chi connectivity index (χ1n) is 8.94. The average Bonchev–Trinajstić information content (AvgIpc) is 3.25. The number of rotatable bonds is 3. The third-order valence-electron chi connectivity index (χ3n) is 5.54. The fourth-order valence-corrected chi connectivity index (χ4v) is 4.72. The molecule has 0 bridgehead atoms. The minimum atomic E-state index is -0.00247. The Hall–Kier alpha value is -1.73. The second-order valence-electron chi connectivity index (χ2n) is 7.61. The molecule has 25 heavy (non-hydrogen) atoms. The van der Waals surface area contributed by atoms with Crippen LogP contribution in [0.25, 0.3) is 0 Å². The van der Waals surface area contributed by atoms with Crippen molar-refractivity contribution in [1.29, 1.82) is 0 Å². The van der Waals surface area contributed by atoms with Crippen LogP contribution in [0.5, 0.6) is 0 Å². The standard InChI is InChI=1S/C18H25N5OS/c1-13(2)23-10-14-16(20-23)18(12-21(3)17(14)24)4-7-22(8-5-18)11-15-19-6-9-25-15/h6,9-10,13H,4-5,7-8,11-12H2,1-3H3. The lowest BCUT2D eigenvalue weighted by atomic mass is 9.72. The summed E-state index contributed by atoms with van der Waals surface area (Å²) >= 11 is 1.72. The van der Waals surface area contributed by atoms with Crippen LogP contribution in [0.1, 0.15) is 53.8 Å². The van der Waals surface area contributed by atoms with Gasteiger partial charge in [0.1, 0.15) is 5.01 Å². The van der Waals surface area contributed by atoms with Crippen molar-refractivity contribution in [3.05, 3.63) is 34.0 Å². The molecule has 0 N–H and O–H groups in total. The number of hydrogen-bond donors (Lipinski definition) is 0. The molecule has 0 unspecified atom stereocenters. The smallest absolute Gasteiger partial charge is 0.257 e. The van der Waals surface area contributed by atoms with Crippen LogP contribution < -0.4 is 0 Å². The highest BCUT2D eigenvalue weighted by Crippen LogP contribution is 2.41. The molecule has 2 aromatic heterocycles. The third kappa shape index (κ3) is 2.89. The molecule has 7 heteroatoms. The van der Waals surface area contributed by atoms with Crippen molar-refractivity contribution < 1.29 is 4.79 Å². The van der Waals surface area contributed by atoms with Gasteiger partial charge in [-0.15, -0.1) is 11.3 Å². The minimum Gasteiger partial charge on any atom is -0.341 e. The van der Waals surface area contributed by atoms with Crippen molar-refractivity contribution >= 4 is 17.2 Å². The maximum absolute atomic E-state index is 12.6. The number of aromatic nitrogens is 3. The van der Waals surface area contributed by atoms with Gasteiger partial charge in [-0.2, -0.15) is 5.10 Å². The van der Waals surface area contributed by atoms with Gasteiger partial charge in [-0.25, -0.2) is 4.98 Å². The monoisotopic (exact) mass is 359 g/mol. The number of amides is 1. The number of hydrogen-bond acceptors (Lipinski definition) is 5. The number of likely N-dealkylation sites (N-methyl/N-ethyl adjacent to an activating group) is 1. The Bertz CT molecular complexity index is 759. The van der Waals surface area contributed by atoms with Crippen LogP contribution in [0.3, 0.4) is 0 Å². The maximum atomic E-state index is 12.6. The van der Waals surface area contributed by atoms with Gasteiger partial charge in [0.15, 0.2) is 0 Å². The fourth-order valence-electron chi connectivity index (χ4n) is 4.07. The van der Waals surface area contributed by atoms with Gasteiger partial charge >= 0.3 is 0 Å². The Morgan fingerprint density at radius 1 is 1.32 bits per heavy atom. The van der Waals surface area contributed by atoms with Crippen molar-refractivity contribution in [3.63, 3.8) is 0 Å². The van der Waals surface area contributed by atoms with E-state index >= 15 is 0 Å². The van der Waals surface area contributed by atoms with E-state index in [-0.39, 0.29) is 17.4 Å². The minimum absolute atomic E-state index is 0.00247. The molecule has 6 nitrogen and oxygen atoms in total. The van der Waals surface area contributed by atoms with E-state index in [0.717, 1.165) is 50.3 Å². The molecular formula is C18H25N5OS. The Morgan fingerprint density at radius 3 is 2.72 bits per heavy atom. The normalized spacial score (nSPS) is 20.5. The highest BCUT2D eigenvalue weighted by Gasteiger charge is 2.46. The lowest BCUT2D eigenvalue weighted by molar-refractivity contribution is 0.0628. The summed E-state index contributed by atoms with van der Waals surface area (Å²) in [6.07, 6.45) is 5.90. The second kappa shape index (κ2) is 6.21. The molecule has 4 heterocycles. The molecule has 4 rings (SSSR count). The molecule has 0 aliphatic carbocycles. The second-order valence-corrected chi connectivity index (χ2v) is 8.59. The van der Waals surface area contributed by atoms with E-state index in [2.05, 4.69) is 23.7 Å². The van der Waals surface area contributed by atoms with Gasteiger partial charge in [-0.3, -0.25) is 14.4 Å². The van der Waals surface area contributed by atoms with E-state index in [1.165, 1.54) is 5.01 Å². The molecule has 0 saturated carbocycles. The molecule has 134 valence electrons. The van der Waals surface area contributed by atoms with E-state index in [0.29, 0.717) is 0 Å². The molecule has 1 saturated heterocycles. The summed E-state index contributed by atoms with van der Waals surface area (Å²) in [4.78, 5) is 21.4. The van der Waals surface area contributed by atoms with Crippen LogP contribution in [0, 0.1) is 0 Å². The molecule has 0 radical (unpaired) electrons. The highest BCUT2D eigenvalue weighted by atomic mass is 32.1. The summed E-state index contributed by atoms with van der Waals surface area (Å²) in [5.74, 6) is 0.109. The van der Waals surface area contributed by atoms with Gasteiger partial charge in [0, 0.05) is 42.8 Å². The number of thiazole rings is 1. The van der Waals surface area contributed by atoms with Crippen LogP contribution >= 0.6 is 11.3 Å². The van der Waals surface area contributed by atoms with Crippen molar-refractivity contribution in [3.8, 4) is 0 Å². The van der Waals surface area contributed by atoms with Crippen LogP contribution in [0.4, 0.5) is 0 Å². The van der Waals surface area contributed by atoms with Gasteiger partial charge in [0.25, 0.3) is 5.91 Å². The highest BCUT2D eigenvalue weighted by molar-refractivity contribution is 7.09. The van der Waals surface area contributed by atoms with Crippen LogP contribution in [0.2, 0.25) is 0 Å². The molecule has 0 aromatic carbocycles. The van der Waals surface area contributed by atoms with Gasteiger partial charge in [0.2, 0.25) is 0 Å². The van der Waals surface area contributed by atoms with Crippen LogP contribution in [-0.4, -0.2) is 57.2 Å². The number of carbonyl (C=O) groups excluding carboxylic acids is 1. The zero-order chi connectivity index (χ0) is 17.6. The number of likely N-dealkylation sites (tertiary alicyclic amines) is 1. The van der Waals surface area contributed by atoms with E-state index in [1.54, 1.807) is 11.3 Å². The summed E-state index contributed by atoms with van der Waals surface area (Å²) in [5.41, 5.74) is 1.83. The first-order chi connectivity index (χ1) is 12.0. The molecule has 0 atom stereocenters. The molecule has 1 fully saturated rings. The third-order valence-corrected chi connectivity index (χ3v) is 6.30. The zero-order valence-electron chi connectivity index (χ0n) is 15.1. The molecule has 1 spiro atoms. The first kappa shape index (κ1) is 16.7. The van der Waals surface area contributed by atoms with Crippen molar-refractivity contribution in [2.24, 2.45) is 0 Å². The predicted molar refractivity (Wildman–Crippen MR) is 97.9 cm³/mol. The SMILES string of the molecule is CC(C)n1cc2c(n1)C1(CCN(Cc3nccs3)CC1)CN(C)C2=O. The fraction of sp³-hybridized carbons (Fsp3) is 0.611. The Kier molecular flexibility index (Phi) is 4.16. The molecule has 2 aromatic rings. The Balaban J connectivity index is 1.58. The topological polar surface area (TPSA) is 54.3 Å². The molecular weight excluding hydrogens is 334 g/mol. The summed E-state index contributed by atoms with van der Waals surface area (Å²) in [6, 6.07) is 0.269. The van der Waals surface area contributed by atoms with Crippen LogP contribution in [0.15, 0.2) is 17.8 Å². The quantitative estimate of drug-likeness (QED) is 0.845. The van der Waals surface area contributed by atoms with Crippen molar-refractivity contribution in [2.75, 3.05) is 26.7 Å². The number of nitrogens with zero attached hydrogens (tertiary/aromatic N) is 5. The van der Waals surface area contributed by atoms with E-state index in [9.17, 15) is 4.79 Å². The van der Waals surface area contributed by atoms with Crippen molar-refractivity contribution in [2.45, 2.75) is 44.7 Å². The maximum Gasteiger partial charge on any atom is 0.257 e. The number of piperidine rings is 1. The van der Waals surface area contributed by atoms with Crippen LogP contribution in [-0.2, 0) is 12.0 Å². The van der Waals surface area contributed by atoms with E-state index in [4.69, 9.17) is 5.10 Å². The predicted octanol–water partition coefficient (Wildman–Crippen LogP) is 2.54. The van der Waals surface area contributed by atoms with E-state index < -0.39 is 0 Å². The summed E-state index contributed by atoms with van der Waals surface area (Å²) in [7, 11) is 1.92. The van der Waals surface area contributed by atoms with Crippen molar-refractivity contribution in [1.82, 2.24) is 24.6 Å². The summed E-state index contributed by atoms with van der Waals surface area (Å²) in [6.45, 7) is 7.96. The lowest BCUT2D eigenvalue weighted by Gasteiger charge is -2.45. The molecule has 2 aliphatic heterocycles. The van der Waals surface area contributed by atoms with Gasteiger partial charge in [-0.1, -0.05) is 0 Å². The van der Waals surface area contributed by atoms with Gasteiger partial charge in [-0.05, 0) is 39.8 Å². The van der Waals surface area contributed by atoms with E-state index in [1.807, 2.05) is 34.4 Å². The summed E-state index contributed by atoms with van der Waals surface area (Å²) < 4.78 is 1.95. The summed E-state index contributed by atoms with van der Waals surface area (Å²) in [5, 5.41) is 8.07. The molecule has 2 aliphatic rings. The Labute approximate surface area is 152 Å². The largest absolute Gasteiger partial charge is 0.341 e. The zero-order valence-corrected chi connectivity index (χ0v) is 15.9. The number of fused-ring (bicyclic) bond motifs is 2. The average molecular weight is 359 g/mol. The first-order valence-corrected chi connectivity index (χ1v) is 9.82. The lowest BCUT2D eigenvalue weighted by Crippen LogP contribution is -2.53. The van der Waals surface area contributed by atoms with Gasteiger partial charge in [0.05, 0.1) is 17.8 Å². The molecule has 1 amide bonds. The van der Waals surface area contributed by atoms with Gasteiger partial charge < -0.3 is 4.90 Å². The number of carbonyl (C=O) groups is 1. The Morgan fingerprint density at radius 2 is 2.08 bits per heavy atom.